The molecule has 0 saturated heterocycles. The van der Waals surface area contributed by atoms with Crippen LogP contribution in [0.4, 0.5) is 0 Å². The molecule has 0 fully saturated rings. The van der Waals surface area contributed by atoms with E-state index in [2.05, 4.69) is 68.6 Å². The third-order valence-corrected chi connectivity index (χ3v) is 7.18. The number of amidine groups is 1. The zero-order chi connectivity index (χ0) is 23.7. The van der Waals surface area contributed by atoms with Gasteiger partial charge < -0.3 is 10.4 Å². The van der Waals surface area contributed by atoms with Crippen molar-refractivity contribution in [2.45, 2.75) is 19.0 Å². The minimum Gasteiger partial charge on any atom is -0.357 e. The van der Waals surface area contributed by atoms with Crippen molar-refractivity contribution in [2.24, 2.45) is 16.0 Å². The molecule has 0 bridgehead atoms. The largest absolute Gasteiger partial charge is 0.357 e. The molecule has 4 aromatic rings. The number of halogens is 2. The highest BCUT2D eigenvalue weighted by Gasteiger charge is 2.32. The average Bonchev–Trinajstić information content (AvgIpc) is 3.24. The Hall–Kier alpha value is -3.16. The van der Waals surface area contributed by atoms with Crippen molar-refractivity contribution in [1.82, 2.24) is 15.3 Å². The normalized spacial score (nSPS) is 16.4. The Morgan fingerprint density at radius 1 is 1.12 bits per heavy atom. The lowest BCUT2D eigenvalue weighted by atomic mass is 9.91. The summed E-state index contributed by atoms with van der Waals surface area (Å²) in [4.78, 5) is 6.12. The Morgan fingerprint density at radius 3 is 2.76 bits per heavy atom. The summed E-state index contributed by atoms with van der Waals surface area (Å²) in [5.41, 5.74) is 9.22. The second kappa shape index (κ2) is 9.60. The number of benzene rings is 3. The summed E-state index contributed by atoms with van der Waals surface area (Å²) in [6, 6.07) is 22.4. The average molecular weight is 491 g/mol. The van der Waals surface area contributed by atoms with Crippen LogP contribution in [0.5, 0.6) is 0 Å². The molecule has 0 aliphatic carbocycles. The third-order valence-electron chi connectivity index (χ3n) is 6.32. The molecule has 172 valence electrons. The van der Waals surface area contributed by atoms with E-state index in [-0.39, 0.29) is 6.04 Å². The van der Waals surface area contributed by atoms with Crippen LogP contribution in [0.1, 0.15) is 34.0 Å². The van der Waals surface area contributed by atoms with E-state index in [0.29, 0.717) is 22.4 Å². The van der Waals surface area contributed by atoms with Crippen molar-refractivity contribution in [3.8, 4) is 0 Å². The first-order valence-electron chi connectivity index (χ1n) is 11.0. The molecule has 1 unspecified atom stereocenters. The summed E-state index contributed by atoms with van der Waals surface area (Å²) in [6.45, 7) is 4.98. The van der Waals surface area contributed by atoms with Gasteiger partial charge >= 0.3 is 0 Å². The molecule has 0 spiro atoms. The van der Waals surface area contributed by atoms with Gasteiger partial charge in [-0.15, -0.1) is 5.10 Å². The minimum absolute atomic E-state index is 0.0261. The highest BCUT2D eigenvalue weighted by molar-refractivity contribution is 6.42. The monoisotopic (exact) mass is 490 g/mol. The standard InChI is InChI=1S/C26H24Cl2N6/c1-30-33-26(32-29)17-7-4-6-16(14-17)25-24-20(19-9-2-3-11-22(19)31-24)12-13-34(25)15-18-8-5-10-21(27)23(18)28/h2-11,14,25,31H,1,12-13,15,29H2,(H,32,33). The van der Waals surface area contributed by atoms with E-state index in [1.165, 1.54) is 16.6 Å². The van der Waals surface area contributed by atoms with Crippen LogP contribution >= 0.6 is 23.2 Å². The molecule has 0 saturated carbocycles. The molecule has 1 aliphatic rings. The molecular weight excluding hydrogens is 467 g/mol. The van der Waals surface area contributed by atoms with Crippen LogP contribution in [0.2, 0.25) is 10.0 Å². The Balaban J connectivity index is 1.64. The number of rotatable bonds is 5. The van der Waals surface area contributed by atoms with E-state index >= 15 is 0 Å². The van der Waals surface area contributed by atoms with Gasteiger partial charge in [-0.3, -0.25) is 4.90 Å². The minimum atomic E-state index is -0.0261. The molecule has 1 atom stereocenters. The predicted molar refractivity (Wildman–Crippen MR) is 141 cm³/mol. The van der Waals surface area contributed by atoms with Crippen molar-refractivity contribution in [2.75, 3.05) is 6.54 Å². The van der Waals surface area contributed by atoms with Crippen LogP contribution in [0.15, 0.2) is 76.9 Å². The quantitative estimate of drug-likeness (QED) is 0.150. The number of nitrogens with zero attached hydrogens (tertiary/aromatic N) is 3. The lowest BCUT2D eigenvalue weighted by molar-refractivity contribution is 0.202. The van der Waals surface area contributed by atoms with Crippen LogP contribution in [-0.4, -0.2) is 29.0 Å². The van der Waals surface area contributed by atoms with Crippen LogP contribution in [0, 0.1) is 0 Å². The first kappa shape index (κ1) is 22.6. The number of hydrazine groups is 1. The van der Waals surface area contributed by atoms with Crippen molar-refractivity contribution < 1.29 is 0 Å². The fraction of sp³-hybridized carbons (Fsp3) is 0.154. The van der Waals surface area contributed by atoms with Gasteiger partial charge in [0, 0.05) is 42.0 Å². The zero-order valence-electron chi connectivity index (χ0n) is 18.4. The molecule has 0 amide bonds. The van der Waals surface area contributed by atoms with Gasteiger partial charge in [0.15, 0.2) is 5.84 Å². The SMILES string of the molecule is C=N/N=C(\NN)c1cccc(C2c3[nH]c4ccccc4c3CCN2Cc2cccc(Cl)c2Cl)c1. The molecule has 2 heterocycles. The lowest BCUT2D eigenvalue weighted by Crippen LogP contribution is -2.36. The predicted octanol–water partition coefficient (Wildman–Crippen LogP) is 5.45. The summed E-state index contributed by atoms with van der Waals surface area (Å²) in [5, 5.41) is 10.1. The molecule has 8 heteroatoms. The number of nitrogens with one attached hydrogen (secondary N) is 2. The number of aromatic nitrogens is 1. The van der Waals surface area contributed by atoms with Crippen molar-refractivity contribution in [3.63, 3.8) is 0 Å². The lowest BCUT2D eigenvalue weighted by Gasteiger charge is -2.36. The van der Waals surface area contributed by atoms with Gasteiger partial charge in [0.25, 0.3) is 0 Å². The zero-order valence-corrected chi connectivity index (χ0v) is 19.9. The van der Waals surface area contributed by atoms with Gasteiger partial charge in [0.1, 0.15) is 0 Å². The Kier molecular flexibility index (Phi) is 6.39. The fourth-order valence-corrected chi connectivity index (χ4v) is 5.20. The van der Waals surface area contributed by atoms with Crippen molar-refractivity contribution in [3.05, 3.63) is 105 Å². The summed E-state index contributed by atoms with van der Waals surface area (Å²) >= 11 is 12.9. The number of H-pyrrole nitrogens is 1. The Labute approximate surface area is 208 Å². The maximum Gasteiger partial charge on any atom is 0.169 e. The molecule has 1 aromatic heterocycles. The molecule has 34 heavy (non-hydrogen) atoms. The fourth-order valence-electron chi connectivity index (χ4n) is 4.82. The third kappa shape index (κ3) is 4.10. The topological polar surface area (TPSA) is 81.8 Å². The maximum absolute atomic E-state index is 6.57. The van der Waals surface area contributed by atoms with E-state index in [1.807, 2.05) is 30.3 Å². The maximum atomic E-state index is 6.57. The van der Waals surface area contributed by atoms with E-state index in [9.17, 15) is 0 Å². The highest BCUT2D eigenvalue weighted by atomic mass is 35.5. The van der Waals surface area contributed by atoms with Gasteiger partial charge in [0.05, 0.1) is 16.1 Å². The summed E-state index contributed by atoms with van der Waals surface area (Å²) in [5.74, 6) is 6.15. The van der Waals surface area contributed by atoms with Crippen LogP contribution < -0.4 is 11.3 Å². The number of para-hydroxylation sites is 1. The molecule has 6 nitrogen and oxygen atoms in total. The molecule has 3 aromatic carbocycles. The van der Waals surface area contributed by atoms with Crippen molar-refractivity contribution in [1.29, 1.82) is 0 Å². The Morgan fingerprint density at radius 2 is 1.94 bits per heavy atom. The smallest absolute Gasteiger partial charge is 0.169 e. The number of aromatic amines is 1. The van der Waals surface area contributed by atoms with Crippen LogP contribution in [0.25, 0.3) is 10.9 Å². The van der Waals surface area contributed by atoms with Gasteiger partial charge in [-0.25, -0.2) is 5.84 Å². The summed E-state index contributed by atoms with van der Waals surface area (Å²) in [6.07, 6.45) is 0.936. The van der Waals surface area contributed by atoms with Crippen LogP contribution in [-0.2, 0) is 13.0 Å². The number of nitrogens with two attached hydrogens (primary N) is 1. The molecule has 0 radical (unpaired) electrons. The van der Waals surface area contributed by atoms with Crippen molar-refractivity contribution >= 4 is 46.7 Å². The second-order valence-corrected chi connectivity index (χ2v) is 9.04. The van der Waals surface area contributed by atoms with E-state index in [0.717, 1.165) is 35.2 Å². The number of hydrogen-bond donors (Lipinski definition) is 3. The molecular formula is C26H24Cl2N6. The molecule has 1 aliphatic heterocycles. The van der Waals surface area contributed by atoms with E-state index in [4.69, 9.17) is 29.0 Å². The summed E-state index contributed by atoms with van der Waals surface area (Å²) < 4.78 is 0. The van der Waals surface area contributed by atoms with E-state index in [1.54, 1.807) is 0 Å². The first-order valence-corrected chi connectivity index (χ1v) is 11.7. The first-order chi connectivity index (χ1) is 16.6. The van der Waals surface area contributed by atoms with E-state index < -0.39 is 0 Å². The second-order valence-electron chi connectivity index (χ2n) is 8.26. The summed E-state index contributed by atoms with van der Waals surface area (Å²) in [7, 11) is 0. The number of fused-ring (bicyclic) bond motifs is 3. The number of hydrogen-bond acceptors (Lipinski definition) is 4. The molecule has 5 rings (SSSR count). The van der Waals surface area contributed by atoms with Gasteiger partial charge in [-0.2, -0.15) is 5.10 Å². The highest BCUT2D eigenvalue weighted by Crippen LogP contribution is 2.40. The van der Waals surface area contributed by atoms with Crippen LogP contribution in [0.3, 0.4) is 0 Å². The van der Waals surface area contributed by atoms with Gasteiger partial charge in [-0.1, -0.05) is 71.7 Å². The Bertz CT molecular complexity index is 1390. The molecule has 4 N–H and O–H groups in total. The van der Waals surface area contributed by atoms with Gasteiger partial charge in [0.2, 0.25) is 0 Å². The van der Waals surface area contributed by atoms with Gasteiger partial charge in [-0.05, 0) is 41.3 Å².